The number of para-hydroxylation sites is 1. The molecular weight excluding hydrogens is 388 g/mol. The highest BCUT2D eigenvalue weighted by molar-refractivity contribution is 5.94. The molecule has 3 rings (SSSR count). The minimum Gasteiger partial charge on any atom is -0.507 e. The Morgan fingerprint density at radius 1 is 1.00 bits per heavy atom. The van der Waals surface area contributed by atoms with Crippen LogP contribution >= 0.6 is 0 Å². The van der Waals surface area contributed by atoms with Crippen molar-refractivity contribution in [2.24, 2.45) is 0 Å². The Hall–Kier alpha value is -3.26. The summed E-state index contributed by atoms with van der Waals surface area (Å²) in [4.78, 5) is 28.4. The van der Waals surface area contributed by atoms with E-state index in [1.165, 1.54) is 25.3 Å². The van der Waals surface area contributed by atoms with Gasteiger partial charge in [0, 0.05) is 32.7 Å². The zero-order valence-corrected chi connectivity index (χ0v) is 17.0. The van der Waals surface area contributed by atoms with E-state index in [0.717, 1.165) is 25.4 Å². The number of carbonyl (C=O) groups excluding carboxylic acids is 2. The third-order valence-corrected chi connectivity index (χ3v) is 4.89. The van der Waals surface area contributed by atoms with Crippen molar-refractivity contribution in [2.45, 2.75) is 0 Å². The molecule has 0 radical (unpaired) electrons. The number of phenolic OH excluding ortho intramolecular Hbond substituents is 1. The molecule has 1 aliphatic rings. The van der Waals surface area contributed by atoms with Gasteiger partial charge in [0.2, 0.25) is 0 Å². The van der Waals surface area contributed by atoms with Crippen LogP contribution in [0.5, 0.6) is 17.2 Å². The molecule has 1 amide bonds. The van der Waals surface area contributed by atoms with E-state index in [4.69, 9.17) is 14.2 Å². The molecule has 1 N–H and O–H groups in total. The van der Waals surface area contributed by atoms with Gasteiger partial charge in [-0.05, 0) is 30.3 Å². The lowest BCUT2D eigenvalue weighted by Crippen LogP contribution is -2.50. The van der Waals surface area contributed by atoms with E-state index < -0.39 is 5.97 Å². The Labute approximate surface area is 175 Å². The van der Waals surface area contributed by atoms with E-state index in [-0.39, 0.29) is 23.8 Å². The van der Waals surface area contributed by atoms with E-state index in [1.54, 1.807) is 4.90 Å². The van der Waals surface area contributed by atoms with Crippen LogP contribution in [0.4, 0.5) is 0 Å². The van der Waals surface area contributed by atoms with Gasteiger partial charge in [0.15, 0.2) is 6.61 Å². The lowest BCUT2D eigenvalue weighted by molar-refractivity contribution is -0.136. The lowest BCUT2D eigenvalue weighted by atomic mass is 10.2. The van der Waals surface area contributed by atoms with Crippen LogP contribution in [-0.4, -0.2) is 79.8 Å². The van der Waals surface area contributed by atoms with E-state index in [1.807, 2.05) is 30.3 Å². The van der Waals surface area contributed by atoms with Crippen LogP contribution in [0.3, 0.4) is 0 Å². The second-order valence-electron chi connectivity index (χ2n) is 6.84. The fraction of sp³-hybridized carbons (Fsp3) is 0.364. The van der Waals surface area contributed by atoms with E-state index >= 15 is 0 Å². The van der Waals surface area contributed by atoms with Gasteiger partial charge in [0.05, 0.1) is 7.11 Å². The molecule has 8 nitrogen and oxygen atoms in total. The second-order valence-corrected chi connectivity index (χ2v) is 6.84. The molecule has 1 fully saturated rings. The molecule has 8 heteroatoms. The SMILES string of the molecule is COc1ccc(O)c(C(=O)OCC(=O)N2CCN(CCOc3ccccc3)CC2)c1. The van der Waals surface area contributed by atoms with Crippen molar-refractivity contribution in [1.29, 1.82) is 0 Å². The first-order chi connectivity index (χ1) is 14.6. The normalized spacial score (nSPS) is 14.2. The summed E-state index contributed by atoms with van der Waals surface area (Å²) < 4.78 is 15.8. The van der Waals surface area contributed by atoms with E-state index in [9.17, 15) is 14.7 Å². The average molecular weight is 414 g/mol. The quantitative estimate of drug-likeness (QED) is 0.659. The van der Waals surface area contributed by atoms with Crippen LogP contribution in [0.1, 0.15) is 10.4 Å². The number of benzene rings is 2. The molecule has 2 aromatic carbocycles. The van der Waals surface area contributed by atoms with Crippen molar-refractivity contribution in [3.8, 4) is 17.2 Å². The van der Waals surface area contributed by atoms with Gasteiger partial charge < -0.3 is 24.2 Å². The Balaban J connectivity index is 1.38. The summed E-state index contributed by atoms with van der Waals surface area (Å²) in [5, 5.41) is 9.82. The molecule has 0 aliphatic carbocycles. The van der Waals surface area contributed by atoms with Crippen LogP contribution in [0.2, 0.25) is 0 Å². The van der Waals surface area contributed by atoms with Crippen molar-refractivity contribution in [3.05, 3.63) is 54.1 Å². The van der Waals surface area contributed by atoms with Gasteiger partial charge in [-0.3, -0.25) is 9.69 Å². The largest absolute Gasteiger partial charge is 0.507 e. The van der Waals surface area contributed by atoms with Gasteiger partial charge in [-0.15, -0.1) is 0 Å². The van der Waals surface area contributed by atoms with Crippen molar-refractivity contribution in [3.63, 3.8) is 0 Å². The Kier molecular flexibility index (Phi) is 7.51. The number of esters is 1. The first kappa shape index (κ1) is 21.4. The lowest BCUT2D eigenvalue weighted by Gasteiger charge is -2.34. The van der Waals surface area contributed by atoms with Crippen LogP contribution in [-0.2, 0) is 9.53 Å². The molecule has 30 heavy (non-hydrogen) atoms. The topological polar surface area (TPSA) is 88.5 Å². The van der Waals surface area contributed by atoms with Crippen LogP contribution < -0.4 is 9.47 Å². The summed E-state index contributed by atoms with van der Waals surface area (Å²) in [6.45, 7) is 3.58. The Morgan fingerprint density at radius 2 is 1.73 bits per heavy atom. The molecule has 0 atom stereocenters. The Bertz CT molecular complexity index is 850. The monoisotopic (exact) mass is 414 g/mol. The van der Waals surface area contributed by atoms with Gasteiger partial charge in [-0.2, -0.15) is 0 Å². The van der Waals surface area contributed by atoms with Gasteiger partial charge >= 0.3 is 5.97 Å². The van der Waals surface area contributed by atoms with Crippen molar-refractivity contribution in [1.82, 2.24) is 9.80 Å². The summed E-state index contributed by atoms with van der Waals surface area (Å²) in [7, 11) is 1.46. The number of carbonyl (C=O) groups is 2. The number of ether oxygens (including phenoxy) is 3. The number of amides is 1. The van der Waals surface area contributed by atoms with Crippen molar-refractivity contribution in [2.75, 3.05) is 53.0 Å². The molecule has 0 aromatic heterocycles. The minimum atomic E-state index is -0.767. The standard InChI is InChI=1S/C22H26N2O6/c1-28-18-7-8-20(25)19(15-18)22(27)30-16-21(26)24-11-9-23(10-12-24)13-14-29-17-5-3-2-4-6-17/h2-8,15,25H,9-14,16H2,1H3. The summed E-state index contributed by atoms with van der Waals surface area (Å²) >= 11 is 0. The molecule has 1 heterocycles. The highest BCUT2D eigenvalue weighted by Gasteiger charge is 2.23. The van der Waals surface area contributed by atoms with Crippen LogP contribution in [0, 0.1) is 0 Å². The molecule has 2 aromatic rings. The third-order valence-electron chi connectivity index (χ3n) is 4.89. The molecule has 1 saturated heterocycles. The van der Waals surface area contributed by atoms with Crippen molar-refractivity contribution >= 4 is 11.9 Å². The molecule has 0 bridgehead atoms. The van der Waals surface area contributed by atoms with Gasteiger partial charge in [-0.1, -0.05) is 18.2 Å². The van der Waals surface area contributed by atoms with Crippen LogP contribution in [0.25, 0.3) is 0 Å². The maximum atomic E-state index is 12.4. The highest BCUT2D eigenvalue weighted by Crippen LogP contribution is 2.23. The second kappa shape index (κ2) is 10.5. The fourth-order valence-electron chi connectivity index (χ4n) is 3.13. The minimum absolute atomic E-state index is 0.0367. The number of rotatable bonds is 8. The first-order valence-electron chi connectivity index (χ1n) is 9.79. The van der Waals surface area contributed by atoms with E-state index in [0.29, 0.717) is 25.4 Å². The van der Waals surface area contributed by atoms with Gasteiger partial charge in [0.1, 0.15) is 29.4 Å². The van der Waals surface area contributed by atoms with Gasteiger partial charge in [0.25, 0.3) is 5.91 Å². The summed E-state index contributed by atoms with van der Waals surface area (Å²) in [6, 6.07) is 13.9. The third kappa shape index (κ3) is 5.87. The maximum absolute atomic E-state index is 12.4. The molecule has 1 aliphatic heterocycles. The average Bonchev–Trinajstić information content (AvgIpc) is 2.79. The predicted molar refractivity (Wildman–Crippen MR) is 110 cm³/mol. The molecule has 0 spiro atoms. The highest BCUT2D eigenvalue weighted by atomic mass is 16.5. The first-order valence-corrected chi connectivity index (χ1v) is 9.79. The summed E-state index contributed by atoms with van der Waals surface area (Å²) in [5.74, 6) is 0.00981. The smallest absolute Gasteiger partial charge is 0.342 e. The molecule has 160 valence electrons. The zero-order chi connectivity index (χ0) is 21.3. The molecular formula is C22H26N2O6. The summed E-state index contributed by atoms with van der Waals surface area (Å²) in [5.41, 5.74) is -0.0367. The molecule has 0 saturated carbocycles. The number of nitrogens with zero attached hydrogens (tertiary/aromatic N) is 2. The number of phenols is 1. The number of hydrogen-bond acceptors (Lipinski definition) is 7. The maximum Gasteiger partial charge on any atom is 0.342 e. The number of hydrogen-bond donors (Lipinski definition) is 1. The predicted octanol–water partition coefficient (Wildman–Crippen LogP) is 1.78. The number of methoxy groups -OCH3 is 1. The zero-order valence-electron chi connectivity index (χ0n) is 17.0. The number of aromatic hydroxyl groups is 1. The van der Waals surface area contributed by atoms with Gasteiger partial charge in [-0.25, -0.2) is 4.79 Å². The van der Waals surface area contributed by atoms with Crippen LogP contribution in [0.15, 0.2) is 48.5 Å². The summed E-state index contributed by atoms with van der Waals surface area (Å²) in [6.07, 6.45) is 0. The number of piperazine rings is 1. The van der Waals surface area contributed by atoms with Crippen molar-refractivity contribution < 1.29 is 28.9 Å². The van der Waals surface area contributed by atoms with E-state index in [2.05, 4.69) is 4.90 Å². The molecule has 0 unspecified atom stereocenters. The fourth-order valence-corrected chi connectivity index (χ4v) is 3.13. The Morgan fingerprint density at radius 3 is 2.43 bits per heavy atom.